The zero-order chi connectivity index (χ0) is 15.9. The molecule has 1 amide bonds. The summed E-state index contributed by atoms with van der Waals surface area (Å²) in [5.41, 5.74) is 0.146. The molecule has 0 unspecified atom stereocenters. The lowest BCUT2D eigenvalue weighted by Gasteiger charge is -2.05. The molecule has 1 aromatic rings. The molecule has 0 spiro atoms. The van der Waals surface area contributed by atoms with Crippen LogP contribution in [-0.2, 0) is 14.9 Å². The summed E-state index contributed by atoms with van der Waals surface area (Å²) in [6.07, 6.45) is 2.82. The Hall–Kier alpha value is -2.63. The number of carbonyl (C=O) groups is 1. The van der Waals surface area contributed by atoms with Gasteiger partial charge in [0, 0.05) is 18.4 Å². The highest BCUT2D eigenvalue weighted by Gasteiger charge is 2.11. The zero-order valence-corrected chi connectivity index (χ0v) is 11.7. The van der Waals surface area contributed by atoms with Gasteiger partial charge in [0.1, 0.15) is 11.6 Å². The summed E-state index contributed by atoms with van der Waals surface area (Å²) in [6.45, 7) is 3.88. The number of nitrogens with one attached hydrogen (secondary N) is 2. The van der Waals surface area contributed by atoms with Crippen LogP contribution in [0.25, 0.3) is 0 Å². The maximum Gasteiger partial charge on any atom is 0.294 e. The molecule has 1 rings (SSSR count). The number of nitriles is 1. The molecule has 0 fully saturated rings. The van der Waals surface area contributed by atoms with Gasteiger partial charge in [-0.2, -0.15) is 13.7 Å². The maximum absolute atomic E-state index is 11.8. The second kappa shape index (κ2) is 7.23. The minimum absolute atomic E-state index is 0.143. The number of amides is 1. The largest absolute Gasteiger partial charge is 0.386 e. The van der Waals surface area contributed by atoms with E-state index in [-0.39, 0.29) is 16.2 Å². The molecule has 0 atom stereocenters. The van der Waals surface area contributed by atoms with Gasteiger partial charge in [-0.25, -0.2) is 0 Å². The molecular weight excluding hydrogens is 294 g/mol. The van der Waals surface area contributed by atoms with Gasteiger partial charge in [0.25, 0.3) is 16.0 Å². The van der Waals surface area contributed by atoms with Crippen LogP contribution in [0, 0.1) is 11.3 Å². The number of rotatable bonds is 6. The fourth-order valence-electron chi connectivity index (χ4n) is 1.30. The van der Waals surface area contributed by atoms with Crippen molar-refractivity contribution >= 4 is 21.7 Å². The molecule has 0 aliphatic carbocycles. The summed E-state index contributed by atoms with van der Waals surface area (Å²) in [6, 6.07) is 6.60. The molecule has 0 radical (unpaired) electrons. The molecule has 1 aromatic carbocycles. The quantitative estimate of drug-likeness (QED) is 0.238. The molecule has 8 heteroatoms. The molecule has 0 saturated carbocycles. The van der Waals surface area contributed by atoms with E-state index in [9.17, 15) is 13.2 Å². The van der Waals surface area contributed by atoms with Gasteiger partial charge in [0.2, 0.25) is 0 Å². The van der Waals surface area contributed by atoms with Crippen LogP contribution in [0.5, 0.6) is 0 Å². The predicted octanol–water partition coefficient (Wildman–Crippen LogP) is 1.05. The Morgan fingerprint density at radius 2 is 2.00 bits per heavy atom. The van der Waals surface area contributed by atoms with Gasteiger partial charge in [-0.1, -0.05) is 6.08 Å². The van der Waals surface area contributed by atoms with E-state index in [1.165, 1.54) is 18.3 Å². The highest BCUT2D eigenvalue weighted by atomic mass is 32.2. The molecule has 3 N–H and O–H groups in total. The number of nitrogens with zero attached hydrogens (tertiary/aromatic N) is 1. The van der Waals surface area contributed by atoms with Crippen molar-refractivity contribution in [3.63, 3.8) is 0 Å². The smallest absolute Gasteiger partial charge is 0.294 e. The molecule has 0 saturated heterocycles. The van der Waals surface area contributed by atoms with Gasteiger partial charge < -0.3 is 10.6 Å². The van der Waals surface area contributed by atoms with E-state index in [0.717, 1.165) is 12.1 Å². The minimum Gasteiger partial charge on any atom is -0.386 e. The first-order valence-electron chi connectivity index (χ1n) is 5.72. The fourth-order valence-corrected chi connectivity index (χ4v) is 1.78. The maximum atomic E-state index is 11.8. The Morgan fingerprint density at radius 3 is 2.48 bits per heavy atom. The Balaban J connectivity index is 2.81. The van der Waals surface area contributed by atoms with Crippen LogP contribution in [-0.4, -0.2) is 25.4 Å². The van der Waals surface area contributed by atoms with Crippen molar-refractivity contribution in [1.82, 2.24) is 5.32 Å². The number of benzene rings is 1. The second-order valence-electron chi connectivity index (χ2n) is 3.82. The first-order chi connectivity index (χ1) is 9.88. The van der Waals surface area contributed by atoms with Crippen LogP contribution >= 0.6 is 0 Å². The summed E-state index contributed by atoms with van der Waals surface area (Å²) < 4.78 is 30.6. The van der Waals surface area contributed by atoms with Crippen molar-refractivity contribution in [2.75, 3.05) is 11.9 Å². The van der Waals surface area contributed by atoms with Crippen molar-refractivity contribution in [3.8, 4) is 6.07 Å². The molecule has 0 heterocycles. The van der Waals surface area contributed by atoms with E-state index in [4.69, 9.17) is 9.81 Å². The molecule has 7 nitrogen and oxygen atoms in total. The van der Waals surface area contributed by atoms with Crippen molar-refractivity contribution in [2.45, 2.75) is 4.90 Å². The summed E-state index contributed by atoms with van der Waals surface area (Å²) in [5, 5.41) is 14.0. The SMILES string of the molecule is C=CCN/C=C(/C#N)C(=O)Nc1ccc(S(=O)(=O)O)cc1. The number of hydrogen-bond acceptors (Lipinski definition) is 5. The molecule has 110 valence electrons. The molecule has 0 aliphatic rings. The Kier molecular flexibility index (Phi) is 5.66. The van der Waals surface area contributed by atoms with Gasteiger partial charge in [0.05, 0.1) is 4.90 Å². The Labute approximate surface area is 122 Å². The normalized spacial score (nSPS) is 11.3. The number of anilines is 1. The summed E-state index contributed by atoms with van der Waals surface area (Å²) >= 11 is 0. The van der Waals surface area contributed by atoms with Crippen LogP contribution in [0.1, 0.15) is 0 Å². The van der Waals surface area contributed by atoms with E-state index in [0.29, 0.717) is 6.54 Å². The standard InChI is InChI=1S/C13H13N3O4S/c1-2-7-15-9-10(8-14)13(17)16-11-3-5-12(6-4-11)21(18,19)20/h2-6,9,15H,1,7H2,(H,16,17)(H,18,19,20)/b10-9-. The molecule has 0 bridgehead atoms. The molecular formula is C13H13N3O4S. The van der Waals surface area contributed by atoms with E-state index < -0.39 is 16.0 Å². The monoisotopic (exact) mass is 307 g/mol. The third-order valence-electron chi connectivity index (χ3n) is 2.28. The second-order valence-corrected chi connectivity index (χ2v) is 5.24. The Morgan fingerprint density at radius 1 is 1.38 bits per heavy atom. The lowest BCUT2D eigenvalue weighted by atomic mass is 10.2. The lowest BCUT2D eigenvalue weighted by molar-refractivity contribution is -0.112. The predicted molar refractivity (Wildman–Crippen MR) is 76.8 cm³/mol. The molecule has 21 heavy (non-hydrogen) atoms. The topological polar surface area (TPSA) is 119 Å². The van der Waals surface area contributed by atoms with Gasteiger partial charge in [-0.3, -0.25) is 9.35 Å². The van der Waals surface area contributed by atoms with Gasteiger partial charge in [-0.05, 0) is 24.3 Å². The van der Waals surface area contributed by atoms with Crippen LogP contribution in [0.4, 0.5) is 5.69 Å². The average Bonchev–Trinajstić information content (AvgIpc) is 2.43. The van der Waals surface area contributed by atoms with Crippen molar-refractivity contribution in [2.24, 2.45) is 0 Å². The van der Waals surface area contributed by atoms with E-state index in [1.54, 1.807) is 12.1 Å². The number of carbonyl (C=O) groups excluding carboxylic acids is 1. The fraction of sp³-hybridized carbons (Fsp3) is 0.0769. The highest BCUT2D eigenvalue weighted by Crippen LogP contribution is 2.14. The van der Waals surface area contributed by atoms with Gasteiger partial charge in [-0.15, -0.1) is 6.58 Å². The van der Waals surface area contributed by atoms with Gasteiger partial charge in [0.15, 0.2) is 0 Å². The van der Waals surface area contributed by atoms with Crippen molar-refractivity contribution in [1.29, 1.82) is 5.26 Å². The highest BCUT2D eigenvalue weighted by molar-refractivity contribution is 7.85. The first-order valence-corrected chi connectivity index (χ1v) is 7.16. The van der Waals surface area contributed by atoms with E-state index in [1.807, 2.05) is 0 Å². The van der Waals surface area contributed by atoms with E-state index >= 15 is 0 Å². The third-order valence-corrected chi connectivity index (χ3v) is 3.15. The van der Waals surface area contributed by atoms with Crippen LogP contribution in [0.15, 0.2) is 53.6 Å². The molecule has 0 aromatic heterocycles. The number of hydrogen-bond donors (Lipinski definition) is 3. The molecule has 0 aliphatic heterocycles. The van der Waals surface area contributed by atoms with Crippen LogP contribution in [0.3, 0.4) is 0 Å². The van der Waals surface area contributed by atoms with E-state index in [2.05, 4.69) is 17.2 Å². The van der Waals surface area contributed by atoms with Crippen LogP contribution in [0.2, 0.25) is 0 Å². The van der Waals surface area contributed by atoms with Crippen molar-refractivity contribution < 1.29 is 17.8 Å². The Bertz CT molecular complexity index is 700. The summed E-state index contributed by atoms with van der Waals surface area (Å²) in [7, 11) is -4.28. The third kappa shape index (κ3) is 5.10. The average molecular weight is 307 g/mol. The summed E-state index contributed by atoms with van der Waals surface area (Å²) in [5.74, 6) is -0.645. The van der Waals surface area contributed by atoms with Crippen molar-refractivity contribution in [3.05, 3.63) is 48.7 Å². The minimum atomic E-state index is -4.28. The lowest BCUT2D eigenvalue weighted by Crippen LogP contribution is -2.16. The first kappa shape index (κ1) is 16.4. The summed E-state index contributed by atoms with van der Waals surface area (Å²) in [4.78, 5) is 11.5. The van der Waals surface area contributed by atoms with Gasteiger partial charge >= 0.3 is 0 Å². The zero-order valence-electron chi connectivity index (χ0n) is 10.9. The van der Waals surface area contributed by atoms with Crippen LogP contribution < -0.4 is 10.6 Å².